The van der Waals surface area contributed by atoms with Gasteiger partial charge >= 0.3 is 5.97 Å². The number of likely N-dealkylation sites (N-methyl/N-ethyl adjacent to an activating group) is 1. The Labute approximate surface area is 161 Å². The number of nitrogens with one attached hydrogen (secondary N) is 1. The lowest BCUT2D eigenvalue weighted by Gasteiger charge is -2.25. The molecule has 2 amide bonds. The molecule has 0 radical (unpaired) electrons. The van der Waals surface area contributed by atoms with Gasteiger partial charge in [-0.25, -0.2) is 4.79 Å². The highest BCUT2D eigenvalue weighted by Gasteiger charge is 2.30. The fourth-order valence-electron chi connectivity index (χ4n) is 2.44. The van der Waals surface area contributed by atoms with Gasteiger partial charge in [0.2, 0.25) is 0 Å². The van der Waals surface area contributed by atoms with E-state index in [9.17, 15) is 14.4 Å². The molecule has 1 aliphatic rings. The molecule has 0 aliphatic carbocycles. The van der Waals surface area contributed by atoms with Gasteiger partial charge in [0.1, 0.15) is 5.57 Å². The molecule has 1 aromatic carbocycles. The molecule has 2 N–H and O–H groups in total. The van der Waals surface area contributed by atoms with Crippen LogP contribution in [0.3, 0.4) is 0 Å². The Morgan fingerprint density at radius 2 is 2.11 bits per heavy atom. The fourth-order valence-corrected chi connectivity index (χ4v) is 2.61. The predicted molar refractivity (Wildman–Crippen MR) is 102 cm³/mol. The summed E-state index contributed by atoms with van der Waals surface area (Å²) in [6, 6.07) is 3.21. The third-order valence-electron chi connectivity index (χ3n) is 3.69. The SMILES string of the molecule is C=CCc1cc(/C=C2\C(=O)NC(=S)N(C)C2=O)cc(OC)c1OCC(=O)O. The minimum absolute atomic E-state index is 0.0319. The van der Waals surface area contributed by atoms with Gasteiger partial charge in [-0.15, -0.1) is 6.58 Å². The molecule has 8 nitrogen and oxygen atoms in total. The Bertz CT molecular complexity index is 862. The van der Waals surface area contributed by atoms with Gasteiger partial charge in [-0.3, -0.25) is 19.8 Å². The summed E-state index contributed by atoms with van der Waals surface area (Å²) < 4.78 is 10.6. The van der Waals surface area contributed by atoms with Crippen LogP contribution in [0.2, 0.25) is 0 Å². The van der Waals surface area contributed by atoms with Crippen molar-refractivity contribution in [3.8, 4) is 11.5 Å². The van der Waals surface area contributed by atoms with Gasteiger partial charge in [-0.2, -0.15) is 0 Å². The molecule has 0 bridgehead atoms. The number of carboxylic acids is 1. The van der Waals surface area contributed by atoms with E-state index in [2.05, 4.69) is 11.9 Å². The maximum Gasteiger partial charge on any atom is 0.341 e. The Hall–Kier alpha value is -3.20. The van der Waals surface area contributed by atoms with Gasteiger partial charge in [0, 0.05) is 12.6 Å². The first-order valence-corrected chi connectivity index (χ1v) is 8.20. The van der Waals surface area contributed by atoms with E-state index < -0.39 is 24.4 Å². The van der Waals surface area contributed by atoms with Crippen LogP contribution in [0.1, 0.15) is 11.1 Å². The molecule has 1 fully saturated rings. The summed E-state index contributed by atoms with van der Waals surface area (Å²) in [5, 5.41) is 11.3. The predicted octanol–water partition coefficient (Wildman–Crippen LogP) is 1.14. The summed E-state index contributed by atoms with van der Waals surface area (Å²) in [4.78, 5) is 36.4. The lowest BCUT2D eigenvalue weighted by molar-refractivity contribution is -0.139. The number of thiocarbonyl (C=S) groups is 1. The lowest BCUT2D eigenvalue weighted by atomic mass is 10.0. The standard InChI is InChI=1S/C18H18N2O6S/c1-4-5-11-6-10(8-13(25-3)15(11)26-9-14(21)22)7-12-16(23)19-18(27)20(2)17(12)24/h4,6-8H,1,5,9H2,2-3H3,(H,21,22)(H,19,23,27)/b12-7+. The molecule has 1 aliphatic heterocycles. The van der Waals surface area contributed by atoms with E-state index in [1.165, 1.54) is 20.2 Å². The molecule has 0 atom stereocenters. The van der Waals surface area contributed by atoms with E-state index in [0.29, 0.717) is 17.5 Å². The maximum absolute atomic E-state index is 12.3. The van der Waals surface area contributed by atoms with Crippen molar-refractivity contribution in [2.24, 2.45) is 0 Å². The normalized spacial score (nSPS) is 15.6. The first kappa shape index (κ1) is 20.1. The number of carbonyl (C=O) groups excluding carboxylic acids is 2. The number of hydrogen-bond donors (Lipinski definition) is 2. The largest absolute Gasteiger partial charge is 0.493 e. The first-order valence-electron chi connectivity index (χ1n) is 7.80. The molecule has 0 spiro atoms. The van der Waals surface area contributed by atoms with Crippen LogP contribution in [0.4, 0.5) is 0 Å². The number of benzene rings is 1. The highest BCUT2D eigenvalue weighted by atomic mass is 32.1. The quantitative estimate of drug-likeness (QED) is 0.311. The third kappa shape index (κ3) is 4.50. The van der Waals surface area contributed by atoms with E-state index in [4.69, 9.17) is 26.8 Å². The number of carboxylic acid groups (broad SMARTS) is 1. The Balaban J connectivity index is 2.51. The topological polar surface area (TPSA) is 105 Å². The van der Waals surface area contributed by atoms with Gasteiger partial charge in [0.05, 0.1) is 7.11 Å². The minimum atomic E-state index is -1.13. The molecular formula is C18H18N2O6S. The number of rotatable bonds is 7. The summed E-state index contributed by atoms with van der Waals surface area (Å²) >= 11 is 4.91. The molecule has 0 unspecified atom stereocenters. The molecular weight excluding hydrogens is 372 g/mol. The molecule has 142 valence electrons. The van der Waals surface area contributed by atoms with E-state index in [0.717, 1.165) is 4.90 Å². The second-order valence-electron chi connectivity index (χ2n) is 5.57. The second kappa shape index (κ2) is 8.45. The molecule has 1 heterocycles. The van der Waals surface area contributed by atoms with Crippen molar-refractivity contribution < 1.29 is 29.0 Å². The van der Waals surface area contributed by atoms with Crippen LogP contribution in [0.5, 0.6) is 11.5 Å². The van der Waals surface area contributed by atoms with Crippen molar-refractivity contribution in [1.29, 1.82) is 0 Å². The highest BCUT2D eigenvalue weighted by Crippen LogP contribution is 2.34. The van der Waals surface area contributed by atoms with Crippen molar-refractivity contribution >= 4 is 41.2 Å². The first-order chi connectivity index (χ1) is 12.8. The third-order valence-corrected chi connectivity index (χ3v) is 4.07. The van der Waals surface area contributed by atoms with Crippen molar-refractivity contribution in [2.45, 2.75) is 6.42 Å². The van der Waals surface area contributed by atoms with Gasteiger partial charge in [-0.1, -0.05) is 6.08 Å². The van der Waals surface area contributed by atoms with E-state index in [1.54, 1.807) is 18.2 Å². The molecule has 9 heteroatoms. The minimum Gasteiger partial charge on any atom is -0.493 e. The summed E-state index contributed by atoms with van der Waals surface area (Å²) in [6.07, 6.45) is 3.39. The van der Waals surface area contributed by atoms with Crippen molar-refractivity contribution in [2.75, 3.05) is 20.8 Å². The van der Waals surface area contributed by atoms with Gasteiger partial charge in [0.15, 0.2) is 23.2 Å². The summed E-state index contributed by atoms with van der Waals surface area (Å²) in [5.41, 5.74) is 1.02. The number of hydrogen-bond acceptors (Lipinski definition) is 6. The van der Waals surface area contributed by atoms with Crippen LogP contribution in [-0.2, 0) is 20.8 Å². The van der Waals surface area contributed by atoms with Crippen molar-refractivity contribution in [3.63, 3.8) is 0 Å². The zero-order valence-electron chi connectivity index (χ0n) is 14.8. The maximum atomic E-state index is 12.3. The number of carbonyl (C=O) groups is 3. The Morgan fingerprint density at radius 3 is 2.70 bits per heavy atom. The number of methoxy groups -OCH3 is 1. The number of allylic oxidation sites excluding steroid dienone is 1. The molecule has 2 rings (SSSR count). The number of ether oxygens (including phenoxy) is 2. The summed E-state index contributed by atoms with van der Waals surface area (Å²) in [5.74, 6) is -1.72. The van der Waals surface area contributed by atoms with Crippen LogP contribution >= 0.6 is 12.2 Å². The van der Waals surface area contributed by atoms with E-state index in [1.807, 2.05) is 0 Å². The lowest BCUT2D eigenvalue weighted by Crippen LogP contribution is -2.52. The Morgan fingerprint density at radius 1 is 1.41 bits per heavy atom. The van der Waals surface area contributed by atoms with Crippen LogP contribution in [0.15, 0.2) is 30.4 Å². The number of nitrogens with zero attached hydrogens (tertiary/aromatic N) is 1. The molecule has 1 aromatic rings. The van der Waals surface area contributed by atoms with Crippen molar-refractivity contribution in [3.05, 3.63) is 41.5 Å². The second-order valence-corrected chi connectivity index (χ2v) is 5.95. The molecule has 0 saturated carbocycles. The zero-order valence-corrected chi connectivity index (χ0v) is 15.6. The number of aliphatic carboxylic acids is 1. The average Bonchev–Trinajstić information content (AvgIpc) is 2.62. The highest BCUT2D eigenvalue weighted by molar-refractivity contribution is 7.80. The fraction of sp³-hybridized carbons (Fsp3) is 0.222. The van der Waals surface area contributed by atoms with Crippen LogP contribution < -0.4 is 14.8 Å². The smallest absolute Gasteiger partial charge is 0.341 e. The van der Waals surface area contributed by atoms with Crippen molar-refractivity contribution in [1.82, 2.24) is 10.2 Å². The molecule has 27 heavy (non-hydrogen) atoms. The Kier molecular flexibility index (Phi) is 6.30. The molecule has 0 aromatic heterocycles. The van der Waals surface area contributed by atoms with Gasteiger partial charge in [0.25, 0.3) is 11.8 Å². The summed E-state index contributed by atoms with van der Waals surface area (Å²) in [7, 11) is 2.87. The van der Waals surface area contributed by atoms with Crippen LogP contribution in [0.25, 0.3) is 6.08 Å². The van der Waals surface area contributed by atoms with Gasteiger partial charge < -0.3 is 14.6 Å². The van der Waals surface area contributed by atoms with Crippen LogP contribution in [0, 0.1) is 0 Å². The number of amides is 2. The monoisotopic (exact) mass is 390 g/mol. The van der Waals surface area contributed by atoms with Gasteiger partial charge in [-0.05, 0) is 42.4 Å². The van der Waals surface area contributed by atoms with E-state index in [-0.39, 0.29) is 22.2 Å². The zero-order chi connectivity index (χ0) is 20.1. The average molecular weight is 390 g/mol. The molecule has 1 saturated heterocycles. The summed E-state index contributed by atoms with van der Waals surface area (Å²) in [6.45, 7) is 3.13. The van der Waals surface area contributed by atoms with E-state index >= 15 is 0 Å². The van der Waals surface area contributed by atoms with Crippen LogP contribution in [-0.4, -0.2) is 53.7 Å².